The fourth-order valence-corrected chi connectivity index (χ4v) is 4.83. The lowest BCUT2D eigenvalue weighted by molar-refractivity contribution is -0.137. The zero-order valence-electron chi connectivity index (χ0n) is 18.1. The van der Waals surface area contributed by atoms with Crippen LogP contribution in [0.4, 0.5) is 0 Å². The van der Waals surface area contributed by atoms with E-state index in [9.17, 15) is 9.59 Å². The summed E-state index contributed by atoms with van der Waals surface area (Å²) in [5.41, 5.74) is 0.886. The molecule has 4 rings (SSSR count). The molecule has 1 aliphatic heterocycles. The zero-order valence-corrected chi connectivity index (χ0v) is 19.7. The van der Waals surface area contributed by atoms with Gasteiger partial charge in [0.15, 0.2) is 11.2 Å². The Morgan fingerprint density at radius 3 is 2.66 bits per heavy atom. The molecule has 1 aliphatic rings. The molecule has 3 aromatic rings. The van der Waals surface area contributed by atoms with E-state index in [2.05, 4.69) is 15.3 Å². The first-order valence-corrected chi connectivity index (χ1v) is 11.7. The van der Waals surface area contributed by atoms with Crippen molar-refractivity contribution in [3.05, 3.63) is 50.0 Å². The van der Waals surface area contributed by atoms with Crippen LogP contribution in [0.15, 0.2) is 23.0 Å². The SMILES string of the molecule is CCC(CC)C(=O)N1CCC[C@@H](c2nc3c(nnn3Cc3c(Cl)cccc3Cl)c(=O)[nH]2)C1. The van der Waals surface area contributed by atoms with Crippen LogP contribution in [0.1, 0.15) is 56.8 Å². The number of aromatic amines is 1. The Morgan fingerprint density at radius 2 is 1.97 bits per heavy atom. The maximum atomic E-state index is 12.9. The first-order chi connectivity index (χ1) is 15.4. The van der Waals surface area contributed by atoms with Crippen LogP contribution in [-0.4, -0.2) is 48.9 Å². The predicted molar refractivity (Wildman–Crippen MR) is 124 cm³/mol. The third kappa shape index (κ3) is 4.38. The molecule has 1 saturated heterocycles. The normalized spacial score (nSPS) is 16.8. The van der Waals surface area contributed by atoms with Gasteiger partial charge in [-0.2, -0.15) is 0 Å². The molecule has 170 valence electrons. The standard InChI is InChI=1S/C22H26Cl2N6O2/c1-3-13(4-2)22(32)29-10-6-7-14(11-29)19-25-20-18(21(31)26-19)27-28-30(20)12-15-16(23)8-5-9-17(15)24/h5,8-9,13-14H,3-4,6-7,10-12H2,1-2H3,(H,25,26,31)/t14-/m1/s1. The minimum Gasteiger partial charge on any atom is -0.342 e. The van der Waals surface area contributed by atoms with Crippen molar-refractivity contribution in [2.24, 2.45) is 5.92 Å². The molecule has 0 spiro atoms. The second kappa shape index (κ2) is 9.58. The van der Waals surface area contributed by atoms with Gasteiger partial charge in [-0.25, -0.2) is 9.67 Å². The monoisotopic (exact) mass is 476 g/mol. The van der Waals surface area contributed by atoms with Gasteiger partial charge in [0, 0.05) is 40.5 Å². The summed E-state index contributed by atoms with van der Waals surface area (Å²) >= 11 is 12.6. The average Bonchev–Trinajstić information content (AvgIpc) is 3.20. The number of nitrogens with one attached hydrogen (secondary N) is 1. The molecular weight excluding hydrogens is 451 g/mol. The molecule has 32 heavy (non-hydrogen) atoms. The van der Waals surface area contributed by atoms with E-state index in [4.69, 9.17) is 28.2 Å². The third-order valence-electron chi connectivity index (χ3n) is 6.22. The Hall–Kier alpha value is -2.45. The van der Waals surface area contributed by atoms with Crippen molar-refractivity contribution in [3.63, 3.8) is 0 Å². The Morgan fingerprint density at radius 1 is 1.25 bits per heavy atom. The Kier molecular flexibility index (Phi) is 6.81. The van der Waals surface area contributed by atoms with Crippen LogP contribution in [0.25, 0.3) is 11.2 Å². The van der Waals surface area contributed by atoms with Gasteiger partial charge < -0.3 is 9.88 Å². The molecule has 0 bridgehead atoms. The van der Waals surface area contributed by atoms with E-state index in [1.165, 1.54) is 4.68 Å². The molecule has 0 saturated carbocycles. The number of likely N-dealkylation sites (tertiary alicyclic amines) is 1. The van der Waals surface area contributed by atoms with Crippen LogP contribution in [0.2, 0.25) is 10.0 Å². The van der Waals surface area contributed by atoms with Crippen LogP contribution in [0, 0.1) is 5.92 Å². The largest absolute Gasteiger partial charge is 0.342 e. The average molecular weight is 477 g/mol. The number of piperidine rings is 1. The van der Waals surface area contributed by atoms with Crippen LogP contribution < -0.4 is 5.56 Å². The Labute approximate surface area is 195 Å². The summed E-state index contributed by atoms with van der Waals surface area (Å²) in [4.78, 5) is 35.1. The molecule has 1 atom stereocenters. The van der Waals surface area contributed by atoms with Crippen molar-refractivity contribution < 1.29 is 4.79 Å². The number of benzene rings is 1. The van der Waals surface area contributed by atoms with Gasteiger partial charge in [0.25, 0.3) is 5.56 Å². The smallest absolute Gasteiger partial charge is 0.281 e. The van der Waals surface area contributed by atoms with Crippen LogP contribution >= 0.6 is 23.2 Å². The molecule has 0 unspecified atom stereocenters. The molecule has 1 N–H and O–H groups in total. The summed E-state index contributed by atoms with van der Waals surface area (Å²) in [6.07, 6.45) is 3.37. The number of carbonyl (C=O) groups excluding carboxylic acids is 1. The number of nitrogens with zero attached hydrogens (tertiary/aromatic N) is 5. The highest BCUT2D eigenvalue weighted by Gasteiger charge is 2.30. The van der Waals surface area contributed by atoms with Crippen LogP contribution in [0.5, 0.6) is 0 Å². The van der Waals surface area contributed by atoms with Crippen LogP contribution in [-0.2, 0) is 11.3 Å². The molecule has 8 nitrogen and oxygen atoms in total. The highest BCUT2D eigenvalue weighted by molar-refractivity contribution is 6.36. The van der Waals surface area contributed by atoms with Gasteiger partial charge in [-0.05, 0) is 37.8 Å². The van der Waals surface area contributed by atoms with Gasteiger partial charge in [0.2, 0.25) is 5.91 Å². The molecule has 1 amide bonds. The predicted octanol–water partition coefficient (Wildman–Crippen LogP) is 4.01. The van der Waals surface area contributed by atoms with E-state index in [0.29, 0.717) is 33.6 Å². The van der Waals surface area contributed by atoms with Gasteiger partial charge in [-0.3, -0.25) is 9.59 Å². The summed E-state index contributed by atoms with van der Waals surface area (Å²) in [5.74, 6) is 0.724. The molecule has 3 heterocycles. The number of amides is 1. The second-order valence-corrected chi connectivity index (χ2v) is 9.02. The summed E-state index contributed by atoms with van der Waals surface area (Å²) in [7, 11) is 0. The highest BCUT2D eigenvalue weighted by Crippen LogP contribution is 2.28. The molecule has 1 aromatic carbocycles. The van der Waals surface area contributed by atoms with Gasteiger partial charge >= 0.3 is 0 Å². The lowest BCUT2D eigenvalue weighted by Gasteiger charge is -2.34. The highest BCUT2D eigenvalue weighted by atomic mass is 35.5. The van der Waals surface area contributed by atoms with E-state index in [-0.39, 0.29) is 35.4 Å². The fraction of sp³-hybridized carbons (Fsp3) is 0.500. The third-order valence-corrected chi connectivity index (χ3v) is 6.92. The van der Waals surface area contributed by atoms with Crippen molar-refractivity contribution in [2.75, 3.05) is 13.1 Å². The summed E-state index contributed by atoms with van der Waals surface area (Å²) < 4.78 is 1.54. The number of hydrogen-bond acceptors (Lipinski definition) is 5. The van der Waals surface area contributed by atoms with E-state index in [1.807, 2.05) is 18.7 Å². The van der Waals surface area contributed by atoms with Crippen molar-refractivity contribution in [3.8, 4) is 0 Å². The lowest BCUT2D eigenvalue weighted by atomic mass is 9.94. The van der Waals surface area contributed by atoms with Crippen molar-refractivity contribution in [2.45, 2.75) is 52.0 Å². The summed E-state index contributed by atoms with van der Waals surface area (Å²) in [5, 5.41) is 9.13. The minimum atomic E-state index is -0.343. The molecule has 0 aliphatic carbocycles. The number of carbonyl (C=O) groups is 1. The van der Waals surface area contributed by atoms with Crippen molar-refractivity contribution in [1.29, 1.82) is 0 Å². The zero-order chi connectivity index (χ0) is 22.8. The van der Waals surface area contributed by atoms with E-state index in [0.717, 1.165) is 32.2 Å². The minimum absolute atomic E-state index is 0.0363. The first kappa shape index (κ1) is 22.7. The molecule has 1 fully saturated rings. The molecule has 10 heteroatoms. The first-order valence-electron chi connectivity index (χ1n) is 11.0. The number of rotatable bonds is 6. The van der Waals surface area contributed by atoms with Gasteiger partial charge in [-0.15, -0.1) is 5.10 Å². The molecular formula is C22H26Cl2N6O2. The maximum Gasteiger partial charge on any atom is 0.281 e. The van der Waals surface area contributed by atoms with E-state index in [1.54, 1.807) is 18.2 Å². The summed E-state index contributed by atoms with van der Waals surface area (Å²) in [6, 6.07) is 5.27. The van der Waals surface area contributed by atoms with Gasteiger partial charge in [0.1, 0.15) is 5.82 Å². The van der Waals surface area contributed by atoms with Crippen molar-refractivity contribution in [1.82, 2.24) is 29.9 Å². The molecule has 2 aromatic heterocycles. The second-order valence-electron chi connectivity index (χ2n) is 8.21. The number of aromatic nitrogens is 5. The number of halogens is 2. The van der Waals surface area contributed by atoms with Gasteiger partial charge in [-0.1, -0.05) is 48.3 Å². The Balaban J connectivity index is 1.65. The van der Waals surface area contributed by atoms with Gasteiger partial charge in [0.05, 0.1) is 6.54 Å². The number of H-pyrrole nitrogens is 1. The lowest BCUT2D eigenvalue weighted by Crippen LogP contribution is -2.42. The number of fused-ring (bicyclic) bond motifs is 1. The van der Waals surface area contributed by atoms with Crippen LogP contribution in [0.3, 0.4) is 0 Å². The fourth-order valence-electron chi connectivity index (χ4n) is 4.31. The van der Waals surface area contributed by atoms with Crippen molar-refractivity contribution >= 4 is 40.3 Å². The Bertz CT molecular complexity index is 1170. The topological polar surface area (TPSA) is 96.8 Å². The number of hydrogen-bond donors (Lipinski definition) is 1. The summed E-state index contributed by atoms with van der Waals surface area (Å²) in [6.45, 7) is 5.61. The quantitative estimate of drug-likeness (QED) is 0.579. The molecule has 0 radical (unpaired) electrons. The van der Waals surface area contributed by atoms with E-state index >= 15 is 0 Å². The van der Waals surface area contributed by atoms with E-state index < -0.39 is 0 Å². The maximum absolute atomic E-state index is 12.9.